The first-order valence-corrected chi connectivity index (χ1v) is 9.86. The molecule has 5 rings (SSSR count). The summed E-state index contributed by atoms with van der Waals surface area (Å²) in [5.74, 6) is 2.62. The molecule has 0 spiro atoms. The second-order valence-electron chi connectivity index (χ2n) is 7.02. The third-order valence-electron chi connectivity index (χ3n) is 5.01. The quantitative estimate of drug-likeness (QED) is 0.598. The lowest BCUT2D eigenvalue weighted by atomic mass is 10.1. The Labute approximate surface area is 178 Å². The lowest BCUT2D eigenvalue weighted by Crippen LogP contribution is -2.30. The highest BCUT2D eigenvalue weighted by atomic mass is 35.5. The van der Waals surface area contributed by atoms with Gasteiger partial charge >= 0.3 is 0 Å². The van der Waals surface area contributed by atoms with Gasteiger partial charge in [0.25, 0.3) is 5.91 Å². The van der Waals surface area contributed by atoms with Crippen LogP contribution < -0.4 is 18.9 Å². The van der Waals surface area contributed by atoms with Crippen LogP contribution in [0.15, 0.2) is 60.7 Å². The molecule has 2 aliphatic heterocycles. The molecule has 0 bridgehead atoms. The molecular formula is C23H18ClNO5. The van der Waals surface area contributed by atoms with Crippen molar-refractivity contribution in [2.24, 2.45) is 0 Å². The number of hydrogen-bond acceptors (Lipinski definition) is 5. The summed E-state index contributed by atoms with van der Waals surface area (Å²) in [7, 11) is 0. The maximum atomic E-state index is 13.4. The van der Waals surface area contributed by atoms with E-state index < -0.39 is 0 Å². The number of amides is 1. The predicted molar refractivity (Wildman–Crippen MR) is 110 cm³/mol. The standard InChI is InChI=1S/C23H18ClNO5/c24-18-4-2-1-3-17(18)23(26)25(11-15-5-7-19-21(9-15)29-13-27-19)12-16-6-8-20-22(10-16)30-14-28-20/h1-10H,11-14H2. The molecule has 30 heavy (non-hydrogen) atoms. The Morgan fingerprint density at radius 2 is 1.30 bits per heavy atom. The zero-order valence-electron chi connectivity index (χ0n) is 16.0. The number of nitrogens with zero attached hydrogens (tertiary/aromatic N) is 1. The van der Waals surface area contributed by atoms with E-state index in [1.54, 1.807) is 29.2 Å². The minimum Gasteiger partial charge on any atom is -0.454 e. The van der Waals surface area contributed by atoms with Gasteiger partial charge in [0.2, 0.25) is 13.6 Å². The molecule has 6 nitrogen and oxygen atoms in total. The average molecular weight is 424 g/mol. The number of benzene rings is 3. The fourth-order valence-corrected chi connectivity index (χ4v) is 3.74. The topological polar surface area (TPSA) is 57.2 Å². The van der Waals surface area contributed by atoms with Crippen molar-refractivity contribution < 1.29 is 23.7 Å². The van der Waals surface area contributed by atoms with Crippen molar-refractivity contribution in [1.29, 1.82) is 0 Å². The number of carbonyl (C=O) groups is 1. The average Bonchev–Trinajstić information content (AvgIpc) is 3.41. The summed E-state index contributed by atoms with van der Waals surface area (Å²) in [6.07, 6.45) is 0. The van der Waals surface area contributed by atoms with Crippen molar-refractivity contribution in [3.05, 3.63) is 82.4 Å². The number of fused-ring (bicyclic) bond motifs is 2. The van der Waals surface area contributed by atoms with E-state index >= 15 is 0 Å². The first-order chi connectivity index (χ1) is 14.7. The molecule has 3 aromatic carbocycles. The molecule has 2 heterocycles. The van der Waals surface area contributed by atoms with Crippen LogP contribution in [0.3, 0.4) is 0 Å². The van der Waals surface area contributed by atoms with Crippen molar-refractivity contribution in [1.82, 2.24) is 4.90 Å². The molecule has 3 aromatic rings. The van der Waals surface area contributed by atoms with Crippen molar-refractivity contribution in [3.63, 3.8) is 0 Å². The van der Waals surface area contributed by atoms with Crippen LogP contribution in [0.5, 0.6) is 23.0 Å². The Morgan fingerprint density at radius 3 is 1.87 bits per heavy atom. The van der Waals surface area contributed by atoms with E-state index in [1.165, 1.54) is 0 Å². The van der Waals surface area contributed by atoms with E-state index in [0.717, 1.165) is 11.1 Å². The molecule has 7 heteroatoms. The zero-order chi connectivity index (χ0) is 20.5. The van der Waals surface area contributed by atoms with E-state index in [4.69, 9.17) is 30.5 Å². The lowest BCUT2D eigenvalue weighted by molar-refractivity contribution is 0.0730. The Bertz CT molecular complexity index is 1060. The second kappa shape index (κ2) is 7.80. The van der Waals surface area contributed by atoms with Crippen LogP contribution in [-0.2, 0) is 13.1 Å². The molecule has 0 aromatic heterocycles. The first-order valence-electron chi connectivity index (χ1n) is 9.48. The number of hydrogen-bond donors (Lipinski definition) is 0. The summed E-state index contributed by atoms with van der Waals surface area (Å²) in [6, 6.07) is 18.4. The van der Waals surface area contributed by atoms with Crippen LogP contribution in [0.2, 0.25) is 5.02 Å². The van der Waals surface area contributed by atoms with Crippen LogP contribution in [0.4, 0.5) is 0 Å². The molecule has 0 saturated heterocycles. The Kier molecular flexibility index (Phi) is 4.85. The zero-order valence-corrected chi connectivity index (χ0v) is 16.7. The summed E-state index contributed by atoms with van der Waals surface area (Å²) in [5, 5.41) is 0.420. The van der Waals surface area contributed by atoms with Crippen molar-refractivity contribution in [2.75, 3.05) is 13.6 Å². The third kappa shape index (κ3) is 3.62. The maximum Gasteiger partial charge on any atom is 0.255 e. The minimum absolute atomic E-state index is 0.157. The fraction of sp³-hybridized carbons (Fsp3) is 0.174. The molecule has 152 valence electrons. The van der Waals surface area contributed by atoms with E-state index in [2.05, 4.69) is 0 Å². The second-order valence-corrected chi connectivity index (χ2v) is 7.42. The fourth-order valence-electron chi connectivity index (χ4n) is 3.52. The van der Waals surface area contributed by atoms with Crippen molar-refractivity contribution in [2.45, 2.75) is 13.1 Å². The van der Waals surface area contributed by atoms with E-state index in [0.29, 0.717) is 46.7 Å². The van der Waals surface area contributed by atoms with Gasteiger partial charge in [-0.2, -0.15) is 0 Å². The van der Waals surface area contributed by atoms with Gasteiger partial charge < -0.3 is 23.8 Å². The summed E-state index contributed by atoms with van der Waals surface area (Å²) < 4.78 is 21.7. The largest absolute Gasteiger partial charge is 0.454 e. The monoisotopic (exact) mass is 423 g/mol. The SMILES string of the molecule is O=C(c1ccccc1Cl)N(Cc1ccc2c(c1)OCO2)Cc1ccc2c(c1)OCO2. The van der Waals surface area contributed by atoms with Gasteiger partial charge in [-0.05, 0) is 47.5 Å². The van der Waals surface area contributed by atoms with Gasteiger partial charge in [0.15, 0.2) is 23.0 Å². The smallest absolute Gasteiger partial charge is 0.255 e. The van der Waals surface area contributed by atoms with Gasteiger partial charge in [-0.3, -0.25) is 4.79 Å². The van der Waals surface area contributed by atoms with Crippen LogP contribution in [0.25, 0.3) is 0 Å². The maximum absolute atomic E-state index is 13.4. The van der Waals surface area contributed by atoms with Gasteiger partial charge in [0, 0.05) is 13.1 Å². The van der Waals surface area contributed by atoms with Gasteiger partial charge in [0.1, 0.15) is 0 Å². The molecule has 0 atom stereocenters. The first kappa shape index (κ1) is 18.6. The number of rotatable bonds is 5. The highest BCUT2D eigenvalue weighted by Gasteiger charge is 2.22. The molecule has 0 N–H and O–H groups in total. The van der Waals surface area contributed by atoms with Crippen LogP contribution in [-0.4, -0.2) is 24.4 Å². The number of ether oxygens (including phenoxy) is 4. The lowest BCUT2D eigenvalue weighted by Gasteiger charge is -2.24. The van der Waals surface area contributed by atoms with Gasteiger partial charge in [-0.15, -0.1) is 0 Å². The highest BCUT2D eigenvalue weighted by Crippen LogP contribution is 2.35. The molecule has 1 amide bonds. The Hall–Kier alpha value is -3.38. The van der Waals surface area contributed by atoms with Crippen LogP contribution in [0, 0.1) is 0 Å². The number of halogens is 1. The number of carbonyl (C=O) groups excluding carboxylic acids is 1. The van der Waals surface area contributed by atoms with E-state index in [-0.39, 0.29) is 19.5 Å². The normalized spacial score (nSPS) is 13.4. The summed E-state index contributed by atoms with van der Waals surface area (Å²) >= 11 is 6.30. The predicted octanol–water partition coefficient (Wildman–Crippen LogP) is 4.64. The Balaban J connectivity index is 1.45. The van der Waals surface area contributed by atoms with Crippen molar-refractivity contribution >= 4 is 17.5 Å². The molecule has 0 aliphatic carbocycles. The van der Waals surface area contributed by atoms with Crippen LogP contribution >= 0.6 is 11.6 Å². The molecule has 0 unspecified atom stereocenters. The molecule has 0 saturated carbocycles. The van der Waals surface area contributed by atoms with Crippen molar-refractivity contribution in [3.8, 4) is 23.0 Å². The minimum atomic E-state index is -0.157. The van der Waals surface area contributed by atoms with Gasteiger partial charge in [0.05, 0.1) is 10.6 Å². The van der Waals surface area contributed by atoms with Crippen LogP contribution in [0.1, 0.15) is 21.5 Å². The summed E-state index contributed by atoms with van der Waals surface area (Å²) in [5.41, 5.74) is 2.32. The molecule has 0 radical (unpaired) electrons. The third-order valence-corrected chi connectivity index (χ3v) is 5.34. The molecule has 2 aliphatic rings. The van der Waals surface area contributed by atoms with Gasteiger partial charge in [-0.25, -0.2) is 0 Å². The Morgan fingerprint density at radius 1 is 0.767 bits per heavy atom. The molecule has 0 fully saturated rings. The molecular weight excluding hydrogens is 406 g/mol. The summed E-state index contributed by atoms with van der Waals surface area (Å²) in [6.45, 7) is 1.18. The van der Waals surface area contributed by atoms with Gasteiger partial charge in [-0.1, -0.05) is 35.9 Å². The highest BCUT2D eigenvalue weighted by molar-refractivity contribution is 6.33. The van der Waals surface area contributed by atoms with E-state index in [9.17, 15) is 4.79 Å². The summed E-state index contributed by atoms with van der Waals surface area (Å²) in [4.78, 5) is 15.1. The van der Waals surface area contributed by atoms with E-state index in [1.807, 2.05) is 36.4 Å².